The minimum Gasteiger partial charge on any atom is -0.462 e. The van der Waals surface area contributed by atoms with E-state index in [0.717, 1.165) is 38.5 Å². The van der Waals surface area contributed by atoms with Crippen molar-refractivity contribution >= 4 is 11.9 Å². The molecule has 2 saturated heterocycles. The highest BCUT2D eigenvalue weighted by Crippen LogP contribution is 2.27. The lowest BCUT2D eigenvalue weighted by Gasteiger charge is -2.42. The van der Waals surface area contributed by atoms with Crippen LogP contribution in [0.3, 0.4) is 0 Å². The van der Waals surface area contributed by atoms with Gasteiger partial charge in [-0.1, -0.05) is 251 Å². The van der Waals surface area contributed by atoms with Gasteiger partial charge in [-0.25, -0.2) is 0 Å². The van der Waals surface area contributed by atoms with E-state index < -0.39 is 92.7 Å². The van der Waals surface area contributed by atoms with Gasteiger partial charge in [-0.05, 0) is 12.8 Å². The molecule has 15 heteroatoms. The van der Waals surface area contributed by atoms with Gasteiger partial charge in [0.25, 0.3) is 0 Å². The molecule has 7 N–H and O–H groups in total. The lowest BCUT2D eigenvalue weighted by molar-refractivity contribution is -0.332. The summed E-state index contributed by atoms with van der Waals surface area (Å²) >= 11 is 0. The molecule has 0 aromatic carbocycles. The molecule has 15 nitrogen and oxygen atoms in total. The first-order valence-electron chi connectivity index (χ1n) is 31.1. The molecule has 75 heavy (non-hydrogen) atoms. The van der Waals surface area contributed by atoms with E-state index in [1.165, 1.54) is 199 Å². The molecule has 11 unspecified atom stereocenters. The van der Waals surface area contributed by atoms with Crippen LogP contribution in [0.25, 0.3) is 0 Å². The molecule has 0 spiro atoms. The van der Waals surface area contributed by atoms with E-state index in [1.54, 1.807) is 0 Å². The number of esters is 2. The van der Waals surface area contributed by atoms with Gasteiger partial charge < -0.3 is 64.2 Å². The minimum absolute atomic E-state index is 0.174. The average molecular weight is 1080 g/mol. The summed E-state index contributed by atoms with van der Waals surface area (Å²) < 4.78 is 33.8. The zero-order valence-corrected chi connectivity index (χ0v) is 47.6. The normalized spacial score (nSPS) is 24.4. The van der Waals surface area contributed by atoms with Gasteiger partial charge in [0.15, 0.2) is 18.7 Å². The van der Waals surface area contributed by atoms with Gasteiger partial charge in [0.1, 0.15) is 55.4 Å². The van der Waals surface area contributed by atoms with Crippen LogP contribution in [0.5, 0.6) is 0 Å². The topological polar surface area (TPSA) is 231 Å². The molecule has 2 heterocycles. The zero-order chi connectivity index (χ0) is 54.6. The number of carbonyl (C=O) groups excluding carboxylic acids is 2. The van der Waals surface area contributed by atoms with Gasteiger partial charge in [-0.15, -0.1) is 0 Å². The van der Waals surface area contributed by atoms with Crippen molar-refractivity contribution in [2.45, 2.75) is 345 Å². The summed E-state index contributed by atoms with van der Waals surface area (Å²) in [5.74, 6) is -0.901. The highest BCUT2D eigenvalue weighted by molar-refractivity contribution is 5.70. The quantitative estimate of drug-likeness (QED) is 0.0222. The predicted octanol–water partition coefficient (Wildman–Crippen LogP) is 11.1. The Morgan fingerprint density at radius 1 is 0.373 bits per heavy atom. The second-order valence-electron chi connectivity index (χ2n) is 22.3. The predicted molar refractivity (Wildman–Crippen MR) is 294 cm³/mol. The van der Waals surface area contributed by atoms with E-state index in [2.05, 4.69) is 13.8 Å². The monoisotopic (exact) mass is 1070 g/mol. The molecule has 0 aromatic heterocycles. The molecule has 0 radical (unpaired) electrons. The first kappa shape index (κ1) is 69.6. The van der Waals surface area contributed by atoms with Gasteiger partial charge in [0.2, 0.25) is 0 Å². The molecule has 11 atom stereocenters. The molecule has 2 aliphatic rings. The van der Waals surface area contributed by atoms with Gasteiger partial charge in [0.05, 0.1) is 19.8 Å². The third-order valence-electron chi connectivity index (χ3n) is 15.3. The highest BCUT2D eigenvalue weighted by atomic mass is 16.7. The number of hydrogen-bond donors (Lipinski definition) is 7. The summed E-state index contributed by atoms with van der Waals surface area (Å²) in [6.45, 7) is 2.67. The van der Waals surface area contributed by atoms with Crippen LogP contribution >= 0.6 is 0 Å². The SMILES string of the molecule is CCCCCCCCCCCCCCCCCCCCCCCCC(=O)OC(COC(=O)CCCCCCCCCCCCCCCCCCC)COC1OC(COC2OC(CO)C(O)C(O)C2O)C(O)C(O)C1O. The number of carbonyl (C=O) groups is 2. The molecule has 2 fully saturated rings. The lowest BCUT2D eigenvalue weighted by Crippen LogP contribution is -2.61. The van der Waals surface area contributed by atoms with Crippen LogP contribution in [0.1, 0.15) is 277 Å². The van der Waals surface area contributed by atoms with E-state index in [9.17, 15) is 45.3 Å². The average Bonchev–Trinajstić information content (AvgIpc) is 3.40. The van der Waals surface area contributed by atoms with Gasteiger partial charge in [-0.3, -0.25) is 9.59 Å². The second-order valence-corrected chi connectivity index (χ2v) is 22.3. The van der Waals surface area contributed by atoms with Crippen LogP contribution in [-0.2, 0) is 38.0 Å². The first-order valence-corrected chi connectivity index (χ1v) is 31.1. The number of aliphatic hydroxyl groups is 7. The molecule has 444 valence electrons. The Morgan fingerprint density at radius 2 is 0.680 bits per heavy atom. The number of hydrogen-bond acceptors (Lipinski definition) is 15. The van der Waals surface area contributed by atoms with Gasteiger partial charge >= 0.3 is 11.9 Å². The standard InChI is InChI=1S/C60H114O15/c1-3-5-7-9-11-13-15-17-19-21-22-23-24-25-27-29-31-33-35-37-39-41-43-52(63)73-48(45-70-51(62)42-40-38-36-34-32-30-28-26-20-18-16-14-12-10-8-6-4-2)46-71-59-58(69)56(67)54(65)50(75-59)47-72-60-57(68)55(66)53(64)49(44-61)74-60/h48-50,53-61,64-69H,3-47H2,1-2H3. The summed E-state index contributed by atoms with van der Waals surface area (Å²) in [6.07, 6.45) is 32.7. The van der Waals surface area contributed by atoms with Crippen molar-refractivity contribution in [2.75, 3.05) is 26.4 Å². The van der Waals surface area contributed by atoms with Crippen LogP contribution in [0, 0.1) is 0 Å². The third-order valence-corrected chi connectivity index (χ3v) is 15.3. The summed E-state index contributed by atoms with van der Waals surface area (Å²) in [5, 5.41) is 72.4. The Kier molecular flexibility index (Phi) is 43.9. The summed E-state index contributed by atoms with van der Waals surface area (Å²) in [7, 11) is 0. The largest absolute Gasteiger partial charge is 0.462 e. The van der Waals surface area contributed by atoms with Crippen LogP contribution in [0.4, 0.5) is 0 Å². The fraction of sp³-hybridized carbons (Fsp3) is 0.967. The van der Waals surface area contributed by atoms with Crippen LogP contribution < -0.4 is 0 Å². The lowest BCUT2D eigenvalue weighted by atomic mass is 9.98. The van der Waals surface area contributed by atoms with E-state index in [1.807, 2.05) is 0 Å². The first-order chi connectivity index (χ1) is 36.5. The molecule has 2 rings (SSSR count). The van der Waals surface area contributed by atoms with Crippen molar-refractivity contribution in [2.24, 2.45) is 0 Å². The maximum Gasteiger partial charge on any atom is 0.306 e. The summed E-state index contributed by atoms with van der Waals surface area (Å²) in [6, 6.07) is 0. The fourth-order valence-electron chi connectivity index (χ4n) is 10.3. The van der Waals surface area contributed by atoms with E-state index in [-0.39, 0.29) is 26.1 Å². The van der Waals surface area contributed by atoms with Gasteiger partial charge in [-0.2, -0.15) is 0 Å². The number of ether oxygens (including phenoxy) is 6. The number of unbranched alkanes of at least 4 members (excludes halogenated alkanes) is 37. The molecular formula is C60H114O15. The molecule has 2 aliphatic heterocycles. The fourth-order valence-corrected chi connectivity index (χ4v) is 10.3. The van der Waals surface area contributed by atoms with E-state index >= 15 is 0 Å². The Bertz CT molecular complexity index is 1310. The smallest absolute Gasteiger partial charge is 0.306 e. The summed E-state index contributed by atoms with van der Waals surface area (Å²) in [5.41, 5.74) is 0. The van der Waals surface area contributed by atoms with Crippen molar-refractivity contribution in [1.29, 1.82) is 0 Å². The summed E-state index contributed by atoms with van der Waals surface area (Å²) in [4.78, 5) is 25.9. The molecule has 0 amide bonds. The number of rotatable bonds is 51. The van der Waals surface area contributed by atoms with Crippen molar-refractivity contribution in [1.82, 2.24) is 0 Å². The Morgan fingerprint density at radius 3 is 1.04 bits per heavy atom. The molecule has 0 aromatic rings. The Labute approximate surface area is 455 Å². The molecule has 0 bridgehead atoms. The van der Waals surface area contributed by atoms with Crippen LogP contribution in [0.2, 0.25) is 0 Å². The maximum absolute atomic E-state index is 13.1. The van der Waals surface area contributed by atoms with Crippen molar-refractivity contribution in [3.05, 3.63) is 0 Å². The Balaban J connectivity index is 1.71. The van der Waals surface area contributed by atoms with Crippen LogP contribution in [0.15, 0.2) is 0 Å². The maximum atomic E-state index is 13.1. The third kappa shape index (κ3) is 34.3. The van der Waals surface area contributed by atoms with Crippen molar-refractivity contribution in [3.8, 4) is 0 Å². The molecule has 0 saturated carbocycles. The highest BCUT2D eigenvalue weighted by Gasteiger charge is 2.47. The molecule has 0 aliphatic carbocycles. The van der Waals surface area contributed by atoms with Crippen LogP contribution in [-0.4, -0.2) is 142 Å². The Hall–Kier alpha value is -1.50. The number of aliphatic hydroxyl groups excluding tert-OH is 7. The minimum atomic E-state index is -1.76. The van der Waals surface area contributed by atoms with E-state index in [0.29, 0.717) is 12.8 Å². The van der Waals surface area contributed by atoms with Gasteiger partial charge in [0, 0.05) is 12.8 Å². The second kappa shape index (κ2) is 47.3. The van der Waals surface area contributed by atoms with Crippen molar-refractivity contribution < 1.29 is 73.8 Å². The van der Waals surface area contributed by atoms with Crippen molar-refractivity contribution in [3.63, 3.8) is 0 Å². The molecular weight excluding hydrogens is 961 g/mol. The van der Waals surface area contributed by atoms with E-state index in [4.69, 9.17) is 28.4 Å². The zero-order valence-electron chi connectivity index (χ0n) is 47.6.